The Bertz CT molecular complexity index is 1610. The predicted octanol–water partition coefficient (Wildman–Crippen LogP) is 2.76. The van der Waals surface area contributed by atoms with Gasteiger partial charge in [0.15, 0.2) is 6.61 Å². The van der Waals surface area contributed by atoms with Crippen molar-refractivity contribution < 1.29 is 23.9 Å². The maximum atomic E-state index is 13.2. The van der Waals surface area contributed by atoms with Crippen LogP contribution in [0.2, 0.25) is 0 Å². The first-order valence-electron chi connectivity index (χ1n) is 12.8. The summed E-state index contributed by atoms with van der Waals surface area (Å²) in [6.07, 6.45) is -0.0587. The molecule has 0 radical (unpaired) electrons. The van der Waals surface area contributed by atoms with E-state index in [4.69, 9.17) is 10.5 Å². The highest BCUT2D eigenvalue weighted by atomic mass is 16.5. The van der Waals surface area contributed by atoms with Crippen molar-refractivity contribution in [1.29, 1.82) is 0 Å². The molecule has 10 nitrogen and oxygen atoms in total. The molecule has 1 heterocycles. The van der Waals surface area contributed by atoms with Gasteiger partial charge in [-0.3, -0.25) is 23.7 Å². The van der Waals surface area contributed by atoms with E-state index in [0.29, 0.717) is 10.1 Å². The number of methoxy groups -OCH3 is 1. The number of aromatic nitrogens is 2. The SMILES string of the molecule is COC(=O)Cn1c(=O)c(C(=O)COC(=O)CC(c2ccccc2)c2ccccc2)c(N)n(Cc2ccccc2)c1=O. The number of esters is 2. The Labute approximate surface area is 235 Å². The van der Waals surface area contributed by atoms with Crippen LogP contribution in [0.1, 0.15) is 39.4 Å². The monoisotopic (exact) mass is 555 g/mol. The molecule has 3 aromatic carbocycles. The lowest BCUT2D eigenvalue weighted by atomic mass is 9.89. The van der Waals surface area contributed by atoms with Gasteiger partial charge < -0.3 is 15.2 Å². The second-order valence-corrected chi connectivity index (χ2v) is 9.24. The Morgan fingerprint density at radius 2 is 1.32 bits per heavy atom. The number of benzene rings is 3. The summed E-state index contributed by atoms with van der Waals surface area (Å²) in [5.74, 6) is -3.15. The third kappa shape index (κ3) is 6.85. The van der Waals surface area contributed by atoms with E-state index in [0.717, 1.165) is 22.8 Å². The third-order valence-electron chi connectivity index (χ3n) is 6.58. The number of hydrogen-bond donors (Lipinski definition) is 1. The summed E-state index contributed by atoms with van der Waals surface area (Å²) in [6, 6.07) is 27.6. The molecule has 0 aliphatic rings. The largest absolute Gasteiger partial charge is 0.468 e. The van der Waals surface area contributed by atoms with Crippen LogP contribution in [-0.4, -0.2) is 40.6 Å². The second kappa shape index (κ2) is 13.2. The number of carbonyl (C=O) groups excluding carboxylic acids is 3. The van der Waals surface area contributed by atoms with Gasteiger partial charge in [-0.2, -0.15) is 0 Å². The number of rotatable bonds is 11. The van der Waals surface area contributed by atoms with Gasteiger partial charge in [0.2, 0.25) is 5.78 Å². The molecule has 4 rings (SSSR count). The van der Waals surface area contributed by atoms with Crippen LogP contribution in [0.25, 0.3) is 0 Å². The quantitative estimate of drug-likeness (QED) is 0.220. The zero-order valence-electron chi connectivity index (χ0n) is 22.4. The summed E-state index contributed by atoms with van der Waals surface area (Å²) in [5, 5.41) is 0. The van der Waals surface area contributed by atoms with E-state index in [9.17, 15) is 24.0 Å². The summed E-state index contributed by atoms with van der Waals surface area (Å²) >= 11 is 0. The zero-order chi connectivity index (χ0) is 29.4. The van der Waals surface area contributed by atoms with Gasteiger partial charge in [-0.15, -0.1) is 0 Å². The Morgan fingerprint density at radius 1 is 0.780 bits per heavy atom. The third-order valence-corrected chi connectivity index (χ3v) is 6.58. The molecule has 210 valence electrons. The van der Waals surface area contributed by atoms with Gasteiger partial charge in [0, 0.05) is 5.92 Å². The first-order chi connectivity index (χ1) is 19.8. The van der Waals surface area contributed by atoms with Crippen molar-refractivity contribution in [2.75, 3.05) is 19.5 Å². The molecule has 4 aromatic rings. The van der Waals surface area contributed by atoms with Crippen molar-refractivity contribution in [1.82, 2.24) is 9.13 Å². The van der Waals surface area contributed by atoms with E-state index in [2.05, 4.69) is 4.74 Å². The summed E-state index contributed by atoms with van der Waals surface area (Å²) in [7, 11) is 1.11. The minimum Gasteiger partial charge on any atom is -0.468 e. The molecule has 0 amide bonds. The molecule has 0 spiro atoms. The predicted molar refractivity (Wildman–Crippen MR) is 152 cm³/mol. The van der Waals surface area contributed by atoms with Gasteiger partial charge in [-0.05, 0) is 16.7 Å². The van der Waals surface area contributed by atoms with Crippen LogP contribution in [0, 0.1) is 0 Å². The van der Waals surface area contributed by atoms with E-state index in [1.165, 1.54) is 0 Å². The highest BCUT2D eigenvalue weighted by Gasteiger charge is 2.26. The molecule has 10 heteroatoms. The molecule has 0 saturated carbocycles. The van der Waals surface area contributed by atoms with E-state index in [1.807, 2.05) is 60.7 Å². The van der Waals surface area contributed by atoms with Crippen LogP contribution in [0.15, 0.2) is 101 Å². The van der Waals surface area contributed by atoms with Crippen LogP contribution in [0.3, 0.4) is 0 Å². The lowest BCUT2D eigenvalue weighted by Gasteiger charge is -2.18. The average Bonchev–Trinajstić information content (AvgIpc) is 3.00. The number of carbonyl (C=O) groups is 3. The van der Waals surface area contributed by atoms with Crippen LogP contribution >= 0.6 is 0 Å². The van der Waals surface area contributed by atoms with Gasteiger partial charge >= 0.3 is 17.6 Å². The normalized spacial score (nSPS) is 10.8. The molecular formula is C31H29N3O7. The van der Waals surface area contributed by atoms with E-state index >= 15 is 0 Å². The fraction of sp³-hybridized carbons (Fsp3) is 0.194. The molecule has 1 aromatic heterocycles. The number of nitrogens with two attached hydrogens (primary N) is 1. The lowest BCUT2D eigenvalue weighted by molar-refractivity contribution is -0.143. The Morgan fingerprint density at radius 3 is 1.85 bits per heavy atom. The average molecular weight is 556 g/mol. The molecule has 0 atom stereocenters. The van der Waals surface area contributed by atoms with Crippen molar-refractivity contribution in [2.45, 2.75) is 25.4 Å². The van der Waals surface area contributed by atoms with E-state index in [1.54, 1.807) is 30.3 Å². The number of ether oxygens (including phenoxy) is 2. The molecule has 0 fully saturated rings. The molecule has 0 bridgehead atoms. The van der Waals surface area contributed by atoms with Gasteiger partial charge in [-0.25, -0.2) is 9.36 Å². The van der Waals surface area contributed by atoms with Gasteiger partial charge in [0.25, 0.3) is 5.56 Å². The van der Waals surface area contributed by atoms with E-state index in [-0.39, 0.29) is 18.9 Å². The van der Waals surface area contributed by atoms with Crippen LogP contribution in [0.5, 0.6) is 0 Å². The van der Waals surface area contributed by atoms with Crippen molar-refractivity contribution >= 4 is 23.5 Å². The maximum Gasteiger partial charge on any atom is 0.333 e. The first kappa shape index (κ1) is 28.8. The molecule has 0 aliphatic heterocycles. The summed E-state index contributed by atoms with van der Waals surface area (Å²) in [4.78, 5) is 64.4. The summed E-state index contributed by atoms with van der Waals surface area (Å²) in [5.41, 5.74) is 6.12. The van der Waals surface area contributed by atoms with Crippen LogP contribution in [-0.2, 0) is 32.2 Å². The summed E-state index contributed by atoms with van der Waals surface area (Å²) in [6.45, 7) is -1.57. The Hall–Kier alpha value is -5.25. The summed E-state index contributed by atoms with van der Waals surface area (Å²) < 4.78 is 11.5. The first-order valence-corrected chi connectivity index (χ1v) is 12.8. The number of Topliss-reactive ketones (excluding diaryl/α,β-unsaturated/α-hetero) is 1. The van der Waals surface area contributed by atoms with Gasteiger partial charge in [0.1, 0.15) is 17.9 Å². The van der Waals surface area contributed by atoms with Gasteiger partial charge in [-0.1, -0.05) is 91.0 Å². The molecular weight excluding hydrogens is 526 g/mol. The van der Waals surface area contributed by atoms with E-state index < -0.39 is 53.5 Å². The molecule has 0 saturated heterocycles. The number of anilines is 1. The van der Waals surface area contributed by atoms with Crippen molar-refractivity contribution in [3.05, 3.63) is 134 Å². The lowest BCUT2D eigenvalue weighted by Crippen LogP contribution is -2.46. The fourth-order valence-corrected chi connectivity index (χ4v) is 4.47. The van der Waals surface area contributed by atoms with Crippen LogP contribution < -0.4 is 17.0 Å². The topological polar surface area (TPSA) is 140 Å². The minimum absolute atomic E-state index is 0.0587. The van der Waals surface area contributed by atoms with Crippen LogP contribution in [0.4, 0.5) is 5.82 Å². The Balaban J connectivity index is 1.60. The molecule has 2 N–H and O–H groups in total. The number of hydrogen-bond acceptors (Lipinski definition) is 8. The Kier molecular flexibility index (Phi) is 9.26. The van der Waals surface area contributed by atoms with Gasteiger partial charge in [0.05, 0.1) is 20.1 Å². The van der Waals surface area contributed by atoms with Crippen molar-refractivity contribution in [3.8, 4) is 0 Å². The molecule has 41 heavy (non-hydrogen) atoms. The highest BCUT2D eigenvalue weighted by molar-refractivity contribution is 6.01. The highest BCUT2D eigenvalue weighted by Crippen LogP contribution is 2.28. The van der Waals surface area contributed by atoms with Crippen molar-refractivity contribution in [2.24, 2.45) is 0 Å². The minimum atomic E-state index is -1.07. The standard InChI is InChI=1S/C31H29N3O7/c1-40-27(37)19-34-30(38)28(29(32)33(31(34)39)18-21-11-5-2-6-12-21)25(35)20-41-26(36)17-24(22-13-7-3-8-14-22)23-15-9-4-10-16-23/h2-16,24H,17-20,32H2,1H3. The fourth-order valence-electron chi connectivity index (χ4n) is 4.47. The maximum absolute atomic E-state index is 13.2. The molecule has 0 aliphatic carbocycles. The second-order valence-electron chi connectivity index (χ2n) is 9.24. The number of ketones is 1. The number of nitrogen functional groups attached to an aromatic ring is 1. The number of nitrogens with zero attached hydrogens (tertiary/aromatic N) is 2. The zero-order valence-corrected chi connectivity index (χ0v) is 22.4. The molecule has 0 unspecified atom stereocenters. The smallest absolute Gasteiger partial charge is 0.333 e. The van der Waals surface area contributed by atoms with Crippen molar-refractivity contribution in [3.63, 3.8) is 0 Å².